The molecular formula is C18H22ClN3O5S2. The predicted molar refractivity (Wildman–Crippen MR) is 112 cm³/mol. The molecule has 2 rings (SSSR count). The molecule has 0 aliphatic carbocycles. The summed E-state index contributed by atoms with van der Waals surface area (Å²) < 4.78 is 53.0. The molecule has 11 heteroatoms. The fraction of sp³-hybridized carbons (Fsp3) is 0.278. The summed E-state index contributed by atoms with van der Waals surface area (Å²) in [4.78, 5) is 12.1. The zero-order chi connectivity index (χ0) is 21.8. The van der Waals surface area contributed by atoms with E-state index in [9.17, 15) is 21.6 Å². The lowest BCUT2D eigenvalue weighted by Crippen LogP contribution is -2.34. The number of urea groups is 1. The van der Waals surface area contributed by atoms with Crippen LogP contribution in [0, 0.1) is 6.92 Å². The molecular weight excluding hydrogens is 438 g/mol. The van der Waals surface area contributed by atoms with Crippen molar-refractivity contribution in [3.05, 3.63) is 53.1 Å². The van der Waals surface area contributed by atoms with Gasteiger partial charge in [0.1, 0.15) is 0 Å². The fourth-order valence-electron chi connectivity index (χ4n) is 2.52. The van der Waals surface area contributed by atoms with Gasteiger partial charge in [-0.1, -0.05) is 43.1 Å². The van der Waals surface area contributed by atoms with Crippen molar-refractivity contribution >= 4 is 43.4 Å². The van der Waals surface area contributed by atoms with Gasteiger partial charge in [-0.3, -0.25) is 0 Å². The molecule has 0 saturated heterocycles. The smallest absolute Gasteiger partial charge is 0.306 e. The third kappa shape index (κ3) is 5.47. The summed E-state index contributed by atoms with van der Waals surface area (Å²) in [7, 11) is -7.87. The van der Waals surface area contributed by atoms with Crippen LogP contribution >= 0.6 is 11.6 Å². The maximum Gasteiger partial charge on any atom is 0.333 e. The number of hydrogen-bond donors (Lipinski definition) is 2. The lowest BCUT2D eigenvalue weighted by atomic mass is 10.2. The fourth-order valence-corrected chi connectivity index (χ4v) is 5.08. The normalized spacial score (nSPS) is 12.0. The Kier molecular flexibility index (Phi) is 7.28. The zero-order valence-electron chi connectivity index (χ0n) is 16.1. The van der Waals surface area contributed by atoms with E-state index in [0.717, 1.165) is 5.56 Å². The van der Waals surface area contributed by atoms with Crippen LogP contribution in [0.5, 0.6) is 0 Å². The van der Waals surface area contributed by atoms with Gasteiger partial charge in [0.2, 0.25) is 10.0 Å². The van der Waals surface area contributed by atoms with Crippen LogP contribution in [0.4, 0.5) is 10.5 Å². The molecule has 8 nitrogen and oxygen atoms in total. The molecule has 0 aromatic heterocycles. The van der Waals surface area contributed by atoms with Crippen molar-refractivity contribution < 1.29 is 21.6 Å². The van der Waals surface area contributed by atoms with E-state index in [2.05, 4.69) is 5.32 Å². The predicted octanol–water partition coefficient (Wildman–Crippen LogP) is 3.19. The first-order chi connectivity index (χ1) is 13.5. The molecule has 0 aliphatic rings. The van der Waals surface area contributed by atoms with Gasteiger partial charge < -0.3 is 5.32 Å². The topological polar surface area (TPSA) is 113 Å². The number of carbonyl (C=O) groups excluding carboxylic acids is 1. The minimum atomic E-state index is -4.10. The van der Waals surface area contributed by atoms with Gasteiger partial charge in [0, 0.05) is 13.1 Å². The number of nitrogens with one attached hydrogen (secondary N) is 2. The summed E-state index contributed by atoms with van der Waals surface area (Å²) in [5.41, 5.74) is 0.836. The van der Waals surface area contributed by atoms with E-state index < -0.39 is 26.1 Å². The summed E-state index contributed by atoms with van der Waals surface area (Å²) in [6.07, 6.45) is 0. The van der Waals surface area contributed by atoms with E-state index in [1.54, 1.807) is 32.9 Å². The highest BCUT2D eigenvalue weighted by Gasteiger charge is 2.23. The van der Waals surface area contributed by atoms with E-state index in [0.29, 0.717) is 0 Å². The second-order valence-corrected chi connectivity index (χ2v) is 10.1. The Hall–Kier alpha value is -2.14. The number of amides is 2. The molecule has 2 amide bonds. The van der Waals surface area contributed by atoms with Crippen LogP contribution in [0.3, 0.4) is 0 Å². The Bertz CT molecular complexity index is 1100. The average molecular weight is 460 g/mol. The van der Waals surface area contributed by atoms with Gasteiger partial charge in [0.15, 0.2) is 0 Å². The van der Waals surface area contributed by atoms with Crippen LogP contribution < -0.4 is 10.0 Å². The van der Waals surface area contributed by atoms with Crippen molar-refractivity contribution in [3.8, 4) is 0 Å². The Balaban J connectivity index is 2.25. The van der Waals surface area contributed by atoms with Gasteiger partial charge in [-0.05, 0) is 37.3 Å². The van der Waals surface area contributed by atoms with E-state index in [1.807, 2.05) is 4.72 Å². The minimum absolute atomic E-state index is 0.0310. The molecule has 29 heavy (non-hydrogen) atoms. The molecule has 0 unspecified atom stereocenters. The first-order valence-electron chi connectivity index (χ1n) is 8.71. The van der Waals surface area contributed by atoms with Crippen LogP contribution in [0.25, 0.3) is 0 Å². The molecule has 2 aromatic carbocycles. The molecule has 0 fully saturated rings. The first kappa shape index (κ1) is 23.1. The summed E-state index contributed by atoms with van der Waals surface area (Å²) in [5, 5.41) is 2.35. The second-order valence-electron chi connectivity index (χ2n) is 6.10. The molecule has 0 radical (unpaired) electrons. The second kappa shape index (κ2) is 9.12. The van der Waals surface area contributed by atoms with Gasteiger partial charge in [0.25, 0.3) is 10.0 Å². The maximum absolute atomic E-state index is 12.6. The molecule has 2 aromatic rings. The molecule has 0 heterocycles. The number of nitrogens with zero attached hydrogens (tertiary/aromatic N) is 1. The van der Waals surface area contributed by atoms with Crippen molar-refractivity contribution in [1.82, 2.24) is 9.03 Å². The van der Waals surface area contributed by atoms with Crippen LogP contribution in [0.15, 0.2) is 52.3 Å². The van der Waals surface area contributed by atoms with Crippen molar-refractivity contribution in [2.75, 3.05) is 18.4 Å². The van der Waals surface area contributed by atoms with Gasteiger partial charge in [-0.15, -0.1) is 0 Å². The molecule has 0 bridgehead atoms. The summed E-state index contributed by atoms with van der Waals surface area (Å²) >= 11 is 6.04. The zero-order valence-corrected chi connectivity index (χ0v) is 18.5. The number of anilines is 1. The minimum Gasteiger partial charge on any atom is -0.306 e. The molecule has 0 aliphatic heterocycles. The number of halogens is 1. The van der Waals surface area contributed by atoms with Crippen LogP contribution in [-0.2, 0) is 20.0 Å². The summed E-state index contributed by atoms with van der Waals surface area (Å²) in [5.74, 6) is 0. The number of sulfonamides is 2. The van der Waals surface area contributed by atoms with Crippen LogP contribution in [0.2, 0.25) is 5.02 Å². The molecule has 0 spiro atoms. The van der Waals surface area contributed by atoms with Crippen molar-refractivity contribution in [3.63, 3.8) is 0 Å². The SMILES string of the molecule is CCN(CC)S(=O)(=O)c1ccc(Cl)c(NC(=O)NS(=O)(=O)c2ccc(C)cc2)c1. The van der Waals surface area contributed by atoms with Crippen LogP contribution in [0.1, 0.15) is 19.4 Å². The van der Waals surface area contributed by atoms with Crippen LogP contribution in [-0.4, -0.2) is 40.3 Å². The van der Waals surface area contributed by atoms with E-state index in [1.165, 1.54) is 34.6 Å². The van der Waals surface area contributed by atoms with E-state index in [4.69, 9.17) is 11.6 Å². The van der Waals surface area contributed by atoms with Crippen molar-refractivity contribution in [2.45, 2.75) is 30.6 Å². The Morgan fingerprint density at radius 3 is 2.07 bits per heavy atom. The molecule has 2 N–H and O–H groups in total. The Morgan fingerprint density at radius 1 is 0.966 bits per heavy atom. The Morgan fingerprint density at radius 2 is 1.52 bits per heavy atom. The maximum atomic E-state index is 12.6. The molecule has 158 valence electrons. The number of benzene rings is 2. The monoisotopic (exact) mass is 459 g/mol. The largest absolute Gasteiger partial charge is 0.333 e. The van der Waals surface area contributed by atoms with E-state index in [-0.39, 0.29) is 33.6 Å². The molecule has 0 saturated carbocycles. The standard InChI is InChI=1S/C18H22ClN3O5S2/c1-4-22(5-2)29(26,27)15-10-11-16(19)17(12-15)20-18(23)21-28(24,25)14-8-6-13(3)7-9-14/h6-12H,4-5H2,1-3H3,(H2,20,21,23). The number of aryl methyl sites for hydroxylation is 1. The first-order valence-corrected chi connectivity index (χ1v) is 12.0. The number of carbonyl (C=O) groups is 1. The lowest BCUT2D eigenvalue weighted by molar-refractivity contribution is 0.256. The third-order valence-electron chi connectivity index (χ3n) is 4.09. The average Bonchev–Trinajstić information content (AvgIpc) is 2.64. The van der Waals surface area contributed by atoms with Crippen molar-refractivity contribution in [2.24, 2.45) is 0 Å². The highest BCUT2D eigenvalue weighted by molar-refractivity contribution is 7.90. The third-order valence-corrected chi connectivity index (χ3v) is 7.81. The van der Waals surface area contributed by atoms with Gasteiger partial charge in [-0.25, -0.2) is 26.4 Å². The summed E-state index contributed by atoms with van der Waals surface area (Å²) in [6, 6.07) is 8.71. The van der Waals surface area contributed by atoms with Gasteiger partial charge >= 0.3 is 6.03 Å². The Labute approximate surface area is 176 Å². The van der Waals surface area contributed by atoms with Crippen molar-refractivity contribution in [1.29, 1.82) is 0 Å². The summed E-state index contributed by atoms with van der Waals surface area (Å²) in [6.45, 7) is 5.77. The quantitative estimate of drug-likeness (QED) is 0.660. The highest BCUT2D eigenvalue weighted by Crippen LogP contribution is 2.27. The lowest BCUT2D eigenvalue weighted by Gasteiger charge is -2.19. The number of hydrogen-bond acceptors (Lipinski definition) is 5. The molecule has 0 atom stereocenters. The number of rotatable bonds is 7. The van der Waals surface area contributed by atoms with Gasteiger partial charge in [0.05, 0.1) is 20.5 Å². The van der Waals surface area contributed by atoms with Gasteiger partial charge in [-0.2, -0.15) is 4.31 Å². The van der Waals surface area contributed by atoms with E-state index >= 15 is 0 Å². The highest BCUT2D eigenvalue weighted by atomic mass is 35.5.